The summed E-state index contributed by atoms with van der Waals surface area (Å²) in [4.78, 5) is 13.8. The monoisotopic (exact) mass is 287 g/mol. The molecule has 1 aliphatic heterocycles. The molecule has 20 heavy (non-hydrogen) atoms. The molecule has 0 aromatic carbocycles. The standard InChI is InChI=1S/C13H19F2N3O2/c1-2-5-20-8-9-3-4-18(7-9)13(19)11-6-10(12(14)15)16-17-11/h6,9,12H,2-5,7-8H2,1H3,(H,16,17). The van der Waals surface area contributed by atoms with Gasteiger partial charge in [0.1, 0.15) is 5.69 Å². The summed E-state index contributed by atoms with van der Waals surface area (Å²) in [6.45, 7) is 4.62. The highest BCUT2D eigenvalue weighted by molar-refractivity contribution is 5.92. The van der Waals surface area contributed by atoms with Gasteiger partial charge >= 0.3 is 0 Å². The average molecular weight is 287 g/mol. The van der Waals surface area contributed by atoms with Crippen LogP contribution in [0.15, 0.2) is 6.07 Å². The molecule has 0 radical (unpaired) electrons. The lowest BCUT2D eigenvalue weighted by Gasteiger charge is -2.15. The van der Waals surface area contributed by atoms with Gasteiger partial charge in [-0.15, -0.1) is 0 Å². The van der Waals surface area contributed by atoms with Crippen LogP contribution in [0.1, 0.15) is 42.4 Å². The Morgan fingerprint density at radius 3 is 3.10 bits per heavy atom. The summed E-state index contributed by atoms with van der Waals surface area (Å²) in [6.07, 6.45) is -0.793. The minimum atomic E-state index is -2.64. The van der Waals surface area contributed by atoms with Crippen LogP contribution in [0.5, 0.6) is 0 Å². The second-order valence-electron chi connectivity index (χ2n) is 4.99. The molecule has 1 fully saturated rings. The Balaban J connectivity index is 1.87. The summed E-state index contributed by atoms with van der Waals surface area (Å²) in [6, 6.07) is 1.12. The SMILES string of the molecule is CCCOCC1CCN(C(=O)c2cc(C(F)F)[nH]n2)C1. The smallest absolute Gasteiger partial charge is 0.279 e. The number of nitrogens with one attached hydrogen (secondary N) is 1. The van der Waals surface area contributed by atoms with E-state index in [2.05, 4.69) is 10.2 Å². The van der Waals surface area contributed by atoms with Crippen molar-refractivity contribution in [2.45, 2.75) is 26.2 Å². The molecule has 0 saturated carbocycles. The Morgan fingerprint density at radius 2 is 2.45 bits per heavy atom. The van der Waals surface area contributed by atoms with Crippen LogP contribution in [0.2, 0.25) is 0 Å². The Kier molecular flexibility index (Phi) is 5.05. The molecule has 1 saturated heterocycles. The summed E-state index contributed by atoms with van der Waals surface area (Å²) in [5, 5.41) is 5.85. The van der Waals surface area contributed by atoms with Gasteiger partial charge in [0.15, 0.2) is 5.69 Å². The minimum Gasteiger partial charge on any atom is -0.381 e. The van der Waals surface area contributed by atoms with Crippen molar-refractivity contribution in [2.24, 2.45) is 5.92 Å². The van der Waals surface area contributed by atoms with Gasteiger partial charge in [-0.1, -0.05) is 6.92 Å². The Morgan fingerprint density at radius 1 is 1.65 bits per heavy atom. The molecule has 1 unspecified atom stereocenters. The number of likely N-dealkylation sites (tertiary alicyclic amines) is 1. The fraction of sp³-hybridized carbons (Fsp3) is 0.692. The Bertz CT molecular complexity index is 451. The van der Waals surface area contributed by atoms with E-state index in [1.807, 2.05) is 6.92 Å². The fourth-order valence-electron chi connectivity index (χ4n) is 2.27. The average Bonchev–Trinajstić information content (AvgIpc) is 3.07. The number of rotatable bonds is 6. The second kappa shape index (κ2) is 6.78. The fourth-order valence-corrected chi connectivity index (χ4v) is 2.27. The van der Waals surface area contributed by atoms with E-state index < -0.39 is 6.43 Å². The molecule has 0 aliphatic carbocycles. The minimum absolute atomic E-state index is 0.0513. The summed E-state index contributed by atoms with van der Waals surface area (Å²) in [7, 11) is 0. The lowest BCUT2D eigenvalue weighted by atomic mass is 10.1. The van der Waals surface area contributed by atoms with Gasteiger partial charge in [0.05, 0.1) is 6.61 Å². The van der Waals surface area contributed by atoms with E-state index in [1.165, 1.54) is 0 Å². The first-order chi connectivity index (χ1) is 9.61. The normalized spacial score (nSPS) is 19.0. The maximum atomic E-state index is 12.4. The third kappa shape index (κ3) is 3.53. The Hall–Kier alpha value is -1.50. The van der Waals surface area contributed by atoms with Crippen LogP contribution in [0.25, 0.3) is 0 Å². The number of carbonyl (C=O) groups excluding carboxylic acids is 1. The lowest BCUT2D eigenvalue weighted by molar-refractivity contribution is 0.0749. The second-order valence-corrected chi connectivity index (χ2v) is 4.99. The molecule has 0 spiro atoms. The molecular formula is C13H19F2N3O2. The van der Waals surface area contributed by atoms with Crippen LogP contribution in [0.4, 0.5) is 8.78 Å². The van der Waals surface area contributed by atoms with Crippen molar-refractivity contribution in [3.8, 4) is 0 Å². The zero-order valence-electron chi connectivity index (χ0n) is 11.4. The van der Waals surface area contributed by atoms with Crippen molar-refractivity contribution < 1.29 is 18.3 Å². The van der Waals surface area contributed by atoms with Gasteiger partial charge in [-0.3, -0.25) is 9.89 Å². The highest BCUT2D eigenvalue weighted by atomic mass is 19.3. The number of hydrogen-bond acceptors (Lipinski definition) is 3. The van der Waals surface area contributed by atoms with Crippen LogP contribution >= 0.6 is 0 Å². The van der Waals surface area contributed by atoms with Crippen molar-refractivity contribution in [3.05, 3.63) is 17.5 Å². The third-order valence-corrected chi connectivity index (χ3v) is 3.33. The Labute approximate surface area is 116 Å². The first-order valence-corrected chi connectivity index (χ1v) is 6.82. The molecule has 0 bridgehead atoms. The zero-order valence-corrected chi connectivity index (χ0v) is 11.4. The van der Waals surface area contributed by atoms with Crippen molar-refractivity contribution >= 4 is 5.91 Å². The van der Waals surface area contributed by atoms with E-state index in [-0.39, 0.29) is 17.3 Å². The summed E-state index contributed by atoms with van der Waals surface area (Å²) in [5.74, 6) is 0.0187. The van der Waals surface area contributed by atoms with E-state index in [0.29, 0.717) is 25.6 Å². The predicted molar refractivity (Wildman–Crippen MR) is 68.7 cm³/mol. The van der Waals surface area contributed by atoms with Gasteiger partial charge in [-0.2, -0.15) is 5.10 Å². The van der Waals surface area contributed by atoms with E-state index in [4.69, 9.17) is 4.74 Å². The summed E-state index contributed by atoms with van der Waals surface area (Å²) >= 11 is 0. The molecule has 2 heterocycles. The van der Waals surface area contributed by atoms with Gasteiger partial charge in [0.2, 0.25) is 0 Å². The lowest BCUT2D eigenvalue weighted by Crippen LogP contribution is -2.29. The van der Waals surface area contributed by atoms with Gasteiger partial charge in [0.25, 0.3) is 12.3 Å². The number of aromatic amines is 1. The highest BCUT2D eigenvalue weighted by Crippen LogP contribution is 2.21. The van der Waals surface area contributed by atoms with Gasteiger partial charge in [-0.05, 0) is 18.9 Å². The number of ether oxygens (including phenoxy) is 1. The molecular weight excluding hydrogens is 268 g/mol. The molecule has 1 atom stereocenters. The molecule has 2 rings (SSSR count). The first-order valence-electron chi connectivity index (χ1n) is 6.82. The maximum absolute atomic E-state index is 12.4. The van der Waals surface area contributed by atoms with Crippen LogP contribution in [-0.2, 0) is 4.74 Å². The zero-order chi connectivity index (χ0) is 14.5. The summed E-state index contributed by atoms with van der Waals surface area (Å²) in [5.41, 5.74) is -0.272. The number of alkyl halides is 2. The molecule has 1 aromatic rings. The number of nitrogens with zero attached hydrogens (tertiary/aromatic N) is 2. The van der Waals surface area contributed by atoms with Crippen LogP contribution in [0.3, 0.4) is 0 Å². The van der Waals surface area contributed by atoms with Crippen molar-refractivity contribution in [1.82, 2.24) is 15.1 Å². The maximum Gasteiger partial charge on any atom is 0.279 e. The first kappa shape index (κ1) is 14.9. The molecule has 1 aromatic heterocycles. The number of carbonyl (C=O) groups is 1. The molecule has 1 amide bonds. The predicted octanol–water partition coefficient (Wildman–Crippen LogP) is 2.24. The largest absolute Gasteiger partial charge is 0.381 e. The molecule has 5 nitrogen and oxygen atoms in total. The number of halogens is 2. The van der Waals surface area contributed by atoms with Gasteiger partial charge < -0.3 is 9.64 Å². The molecule has 1 N–H and O–H groups in total. The number of H-pyrrole nitrogens is 1. The highest BCUT2D eigenvalue weighted by Gasteiger charge is 2.28. The number of hydrogen-bond donors (Lipinski definition) is 1. The number of amides is 1. The van der Waals surface area contributed by atoms with E-state index in [9.17, 15) is 13.6 Å². The molecule has 7 heteroatoms. The topological polar surface area (TPSA) is 58.2 Å². The van der Waals surface area contributed by atoms with Crippen LogP contribution < -0.4 is 0 Å². The van der Waals surface area contributed by atoms with E-state index in [0.717, 1.165) is 25.5 Å². The van der Waals surface area contributed by atoms with E-state index in [1.54, 1.807) is 4.90 Å². The van der Waals surface area contributed by atoms with Crippen LogP contribution in [-0.4, -0.2) is 47.3 Å². The van der Waals surface area contributed by atoms with Gasteiger partial charge in [-0.25, -0.2) is 8.78 Å². The van der Waals surface area contributed by atoms with Gasteiger partial charge in [0, 0.05) is 25.6 Å². The quantitative estimate of drug-likeness (QED) is 0.816. The molecule has 112 valence electrons. The molecule has 1 aliphatic rings. The summed E-state index contributed by atoms with van der Waals surface area (Å²) < 4.78 is 30.4. The third-order valence-electron chi connectivity index (χ3n) is 3.33. The van der Waals surface area contributed by atoms with Crippen molar-refractivity contribution in [3.63, 3.8) is 0 Å². The van der Waals surface area contributed by atoms with E-state index >= 15 is 0 Å². The van der Waals surface area contributed by atoms with Crippen molar-refractivity contribution in [2.75, 3.05) is 26.3 Å². The van der Waals surface area contributed by atoms with Crippen molar-refractivity contribution in [1.29, 1.82) is 0 Å². The number of aromatic nitrogens is 2. The van der Waals surface area contributed by atoms with Crippen LogP contribution in [0, 0.1) is 5.92 Å².